The Hall–Kier alpha value is -3.95. The Balaban J connectivity index is 2.64. The van der Waals surface area contributed by atoms with Crippen LogP contribution >= 0.6 is 0 Å². The van der Waals surface area contributed by atoms with Crippen LogP contribution in [0.3, 0.4) is 0 Å². The van der Waals surface area contributed by atoms with Crippen molar-refractivity contribution in [3.63, 3.8) is 0 Å². The molecular weight excluding hydrogens is 640 g/mol. The molecule has 276 valence electrons. The smallest absolute Gasteiger partial charge is 0.175 e. The molecule has 5 N–H and O–H groups in total. The first-order valence-corrected chi connectivity index (χ1v) is 17.6. The summed E-state index contributed by atoms with van der Waals surface area (Å²) in [6.07, 6.45) is 1.79. The second kappa shape index (κ2) is 13.3. The van der Waals surface area contributed by atoms with Crippen molar-refractivity contribution in [2.45, 2.75) is 128 Å². The van der Waals surface area contributed by atoms with E-state index < -0.39 is 109 Å². The number of carbonyl (C=O) groups is 5. The SMILES string of the molecule is CCCCCC(=O)c1c(O)c(C(C2=C(O)C(C)(C)C(=O)C(C)(C)C2=O)C(C)C)c(O)c(C(C2=C(O)C(C)(C)C(=O)C(C)(C)C2=O)C(C)C)c1O. The van der Waals surface area contributed by atoms with E-state index >= 15 is 0 Å². The maximum atomic E-state index is 14.2. The molecule has 50 heavy (non-hydrogen) atoms. The van der Waals surface area contributed by atoms with Crippen molar-refractivity contribution in [3.8, 4) is 17.2 Å². The van der Waals surface area contributed by atoms with Crippen LogP contribution < -0.4 is 0 Å². The Labute approximate surface area is 295 Å². The molecule has 2 aliphatic carbocycles. The standard InChI is InChI=1S/C40H56O10/c1-14-15-16-17-20(41)23-28(42)24(21(18(2)3)26-31(45)37(6,7)35(49)38(8,9)32(26)46)30(44)25(29(23)43)22(19(4)5)27-33(47)39(10,11)36(50)40(12,13)34(27)48/h18-19,21-22,42-45,47H,14-17H2,1-13H3. The number of aliphatic hydroxyl groups excluding tert-OH is 2. The fourth-order valence-corrected chi connectivity index (χ4v) is 8.01. The first-order valence-electron chi connectivity index (χ1n) is 17.6. The molecule has 2 unspecified atom stereocenters. The Morgan fingerprint density at radius 3 is 1.20 bits per heavy atom. The van der Waals surface area contributed by atoms with Crippen molar-refractivity contribution in [3.05, 3.63) is 39.4 Å². The van der Waals surface area contributed by atoms with Crippen LogP contribution in [0.2, 0.25) is 0 Å². The Kier molecular flexibility index (Phi) is 10.8. The van der Waals surface area contributed by atoms with Gasteiger partial charge in [0.05, 0.1) is 21.7 Å². The van der Waals surface area contributed by atoms with Crippen LogP contribution in [-0.2, 0) is 19.2 Å². The Morgan fingerprint density at radius 2 is 0.900 bits per heavy atom. The molecule has 2 atom stereocenters. The van der Waals surface area contributed by atoms with E-state index in [1.165, 1.54) is 55.4 Å². The number of allylic oxidation sites excluding steroid dienone is 4. The summed E-state index contributed by atoms with van der Waals surface area (Å²) in [6, 6.07) is 0. The number of phenolic OH excluding ortho intramolecular Hbond substituents is 3. The summed E-state index contributed by atoms with van der Waals surface area (Å²) in [4.78, 5) is 69.1. The van der Waals surface area contributed by atoms with Gasteiger partial charge in [-0.1, -0.05) is 47.5 Å². The van der Waals surface area contributed by atoms with Gasteiger partial charge < -0.3 is 25.5 Å². The first kappa shape index (κ1) is 40.5. The molecule has 0 aliphatic heterocycles. The third kappa shape index (κ3) is 5.96. The number of ketones is 5. The highest BCUT2D eigenvalue weighted by molar-refractivity contribution is 6.20. The minimum atomic E-state index is -1.60. The lowest BCUT2D eigenvalue weighted by Gasteiger charge is -2.42. The van der Waals surface area contributed by atoms with E-state index in [4.69, 9.17) is 0 Å². The molecule has 0 amide bonds. The van der Waals surface area contributed by atoms with Gasteiger partial charge in [0.25, 0.3) is 0 Å². The third-order valence-electron chi connectivity index (χ3n) is 10.9. The summed E-state index contributed by atoms with van der Waals surface area (Å²) in [6.45, 7) is 20.3. The molecule has 2 aliphatic rings. The highest BCUT2D eigenvalue weighted by Crippen LogP contribution is 2.58. The molecule has 0 radical (unpaired) electrons. The lowest BCUT2D eigenvalue weighted by atomic mass is 9.59. The van der Waals surface area contributed by atoms with Crippen LogP contribution in [0.4, 0.5) is 0 Å². The average Bonchev–Trinajstić information content (AvgIpc) is 3.00. The predicted octanol–water partition coefficient (Wildman–Crippen LogP) is 8.08. The minimum Gasteiger partial charge on any atom is -0.511 e. The molecule has 0 spiro atoms. The van der Waals surface area contributed by atoms with Gasteiger partial charge in [0.1, 0.15) is 34.3 Å². The van der Waals surface area contributed by atoms with E-state index in [0.29, 0.717) is 12.8 Å². The number of unbranched alkanes of at least 4 members (excludes halogenated alkanes) is 2. The van der Waals surface area contributed by atoms with E-state index in [1.54, 1.807) is 27.7 Å². The number of rotatable bonds is 11. The zero-order chi connectivity index (χ0) is 38.8. The van der Waals surface area contributed by atoms with Gasteiger partial charge in [-0.05, 0) is 73.6 Å². The van der Waals surface area contributed by atoms with Gasteiger partial charge in [-0.25, -0.2) is 0 Å². The molecule has 0 heterocycles. The van der Waals surface area contributed by atoms with Gasteiger partial charge in [-0.2, -0.15) is 0 Å². The summed E-state index contributed by atoms with van der Waals surface area (Å²) < 4.78 is 0. The number of benzene rings is 1. The topological polar surface area (TPSA) is 186 Å². The van der Waals surface area contributed by atoms with Crippen LogP contribution in [0.1, 0.15) is 149 Å². The van der Waals surface area contributed by atoms with Gasteiger partial charge in [0, 0.05) is 40.5 Å². The van der Waals surface area contributed by atoms with E-state index in [-0.39, 0.29) is 28.7 Å². The largest absolute Gasteiger partial charge is 0.511 e. The van der Waals surface area contributed by atoms with Crippen molar-refractivity contribution < 1.29 is 49.5 Å². The van der Waals surface area contributed by atoms with Crippen LogP contribution in [-0.4, -0.2) is 54.4 Å². The van der Waals surface area contributed by atoms with Crippen molar-refractivity contribution >= 4 is 28.9 Å². The van der Waals surface area contributed by atoms with Crippen molar-refractivity contribution in [1.82, 2.24) is 0 Å². The molecule has 10 nitrogen and oxygen atoms in total. The minimum absolute atomic E-state index is 0.0831. The second-order valence-electron chi connectivity index (χ2n) is 16.9. The van der Waals surface area contributed by atoms with Gasteiger partial charge in [0.15, 0.2) is 28.9 Å². The molecule has 0 aromatic heterocycles. The second-order valence-corrected chi connectivity index (χ2v) is 16.9. The van der Waals surface area contributed by atoms with Crippen LogP contribution in [0.25, 0.3) is 0 Å². The maximum Gasteiger partial charge on any atom is 0.175 e. The number of aromatic hydroxyl groups is 3. The summed E-state index contributed by atoms with van der Waals surface area (Å²) in [5.41, 5.74) is -7.93. The third-order valence-corrected chi connectivity index (χ3v) is 10.9. The Morgan fingerprint density at radius 1 is 0.560 bits per heavy atom. The molecule has 10 heteroatoms. The summed E-state index contributed by atoms with van der Waals surface area (Å²) in [5, 5.41) is 59.6. The molecule has 0 saturated carbocycles. The fraction of sp³-hybridized carbons (Fsp3) is 0.625. The van der Waals surface area contributed by atoms with Gasteiger partial charge >= 0.3 is 0 Å². The van der Waals surface area contributed by atoms with Crippen molar-refractivity contribution in [2.75, 3.05) is 0 Å². The zero-order valence-electron chi connectivity index (χ0n) is 31.9. The monoisotopic (exact) mass is 696 g/mol. The van der Waals surface area contributed by atoms with E-state index in [0.717, 1.165) is 6.42 Å². The van der Waals surface area contributed by atoms with Gasteiger partial charge in [0.2, 0.25) is 0 Å². The molecular formula is C40H56O10. The predicted molar refractivity (Wildman–Crippen MR) is 190 cm³/mol. The summed E-state index contributed by atoms with van der Waals surface area (Å²) in [5.74, 6) is -10.5. The Bertz CT molecular complexity index is 1600. The number of Topliss-reactive ketones (excluding diaryl/α,β-unsaturated/α-hetero) is 5. The molecule has 0 fully saturated rings. The number of carbonyl (C=O) groups excluding carboxylic acids is 5. The quantitative estimate of drug-likeness (QED) is 0.0860. The molecule has 0 bridgehead atoms. The molecule has 3 rings (SSSR count). The first-order chi connectivity index (χ1) is 22.7. The molecule has 1 aromatic rings. The zero-order valence-corrected chi connectivity index (χ0v) is 31.9. The molecule has 1 aromatic carbocycles. The van der Waals surface area contributed by atoms with Crippen LogP contribution in [0.15, 0.2) is 22.7 Å². The fourth-order valence-electron chi connectivity index (χ4n) is 8.01. The lowest BCUT2D eigenvalue weighted by molar-refractivity contribution is -0.146. The average molecular weight is 697 g/mol. The number of phenols is 3. The van der Waals surface area contributed by atoms with Gasteiger partial charge in [-0.15, -0.1) is 0 Å². The number of hydrogen-bond donors (Lipinski definition) is 5. The van der Waals surface area contributed by atoms with E-state index in [2.05, 4.69) is 0 Å². The van der Waals surface area contributed by atoms with Crippen molar-refractivity contribution in [1.29, 1.82) is 0 Å². The highest BCUT2D eigenvalue weighted by Gasteiger charge is 2.57. The van der Waals surface area contributed by atoms with Gasteiger partial charge in [-0.3, -0.25) is 24.0 Å². The summed E-state index contributed by atoms with van der Waals surface area (Å²) in [7, 11) is 0. The summed E-state index contributed by atoms with van der Waals surface area (Å²) >= 11 is 0. The molecule has 0 saturated heterocycles. The normalized spacial score (nSPS) is 21.3. The number of aliphatic hydroxyl groups is 2. The highest BCUT2D eigenvalue weighted by atomic mass is 16.3. The lowest BCUT2D eigenvalue weighted by Crippen LogP contribution is -2.50. The van der Waals surface area contributed by atoms with Crippen LogP contribution in [0, 0.1) is 33.5 Å². The number of hydrogen-bond acceptors (Lipinski definition) is 10. The van der Waals surface area contributed by atoms with E-state index in [1.807, 2.05) is 6.92 Å². The van der Waals surface area contributed by atoms with Crippen molar-refractivity contribution in [2.24, 2.45) is 33.5 Å². The van der Waals surface area contributed by atoms with E-state index in [9.17, 15) is 49.5 Å². The van der Waals surface area contributed by atoms with Crippen LogP contribution in [0.5, 0.6) is 17.2 Å². The maximum absolute atomic E-state index is 14.2.